The number of para-hydroxylation sites is 1. The molecule has 0 bridgehead atoms. The molecular formula is C11H9ClN2O. The van der Waals surface area contributed by atoms with Gasteiger partial charge in [-0.05, 0) is 12.1 Å². The van der Waals surface area contributed by atoms with Crippen molar-refractivity contribution in [2.24, 2.45) is 0 Å². The van der Waals surface area contributed by atoms with E-state index in [1.165, 1.54) is 6.92 Å². The molecule has 76 valence electrons. The third kappa shape index (κ3) is 2.07. The van der Waals surface area contributed by atoms with E-state index in [4.69, 9.17) is 11.6 Å². The number of halogens is 1. The van der Waals surface area contributed by atoms with Crippen LogP contribution >= 0.6 is 11.6 Å². The molecule has 2 rings (SSSR count). The second-order valence-corrected chi connectivity index (χ2v) is 3.56. The number of fused-ring (bicyclic) bond motifs is 1. The molecular weight excluding hydrogens is 212 g/mol. The normalized spacial score (nSPS) is 10.3. The van der Waals surface area contributed by atoms with Crippen molar-refractivity contribution in [3.05, 3.63) is 35.5 Å². The number of benzene rings is 1. The Hall–Kier alpha value is -1.61. The highest BCUT2D eigenvalue weighted by Crippen LogP contribution is 2.24. The van der Waals surface area contributed by atoms with Gasteiger partial charge in [0.1, 0.15) is 0 Å². The molecule has 4 heteroatoms. The highest BCUT2D eigenvalue weighted by Gasteiger charge is 2.05. The number of rotatable bonds is 1. The van der Waals surface area contributed by atoms with Crippen LogP contribution in [0.4, 0.5) is 5.69 Å². The summed E-state index contributed by atoms with van der Waals surface area (Å²) in [5.41, 5.74) is 1.36. The molecule has 1 heterocycles. The molecule has 15 heavy (non-hydrogen) atoms. The molecule has 0 aliphatic rings. The van der Waals surface area contributed by atoms with Gasteiger partial charge in [-0.1, -0.05) is 29.8 Å². The summed E-state index contributed by atoms with van der Waals surface area (Å²) in [6.07, 6.45) is 0. The van der Waals surface area contributed by atoms with Gasteiger partial charge in [-0.3, -0.25) is 4.79 Å². The summed E-state index contributed by atoms with van der Waals surface area (Å²) in [7, 11) is 0. The quantitative estimate of drug-likeness (QED) is 0.751. The lowest BCUT2D eigenvalue weighted by molar-refractivity contribution is -0.114. The van der Waals surface area contributed by atoms with E-state index < -0.39 is 0 Å². The van der Waals surface area contributed by atoms with E-state index in [0.29, 0.717) is 10.8 Å². The van der Waals surface area contributed by atoms with Gasteiger partial charge in [0.05, 0.1) is 11.2 Å². The zero-order valence-corrected chi connectivity index (χ0v) is 8.88. The fourth-order valence-corrected chi connectivity index (χ4v) is 1.56. The van der Waals surface area contributed by atoms with Crippen molar-refractivity contribution in [1.82, 2.24) is 4.98 Å². The molecule has 3 nitrogen and oxygen atoms in total. The number of amides is 1. The van der Waals surface area contributed by atoms with Crippen molar-refractivity contribution in [3.8, 4) is 0 Å². The van der Waals surface area contributed by atoms with Crippen LogP contribution in [0.25, 0.3) is 10.9 Å². The van der Waals surface area contributed by atoms with Crippen molar-refractivity contribution in [3.63, 3.8) is 0 Å². The first-order valence-corrected chi connectivity index (χ1v) is 4.87. The van der Waals surface area contributed by atoms with Crippen LogP contribution in [0.1, 0.15) is 6.92 Å². The summed E-state index contributed by atoms with van der Waals surface area (Å²) in [6, 6.07) is 9.41. The molecule has 0 atom stereocenters. The van der Waals surface area contributed by atoms with Gasteiger partial charge in [0.15, 0.2) is 5.15 Å². The molecule has 0 saturated heterocycles. The molecule has 0 unspecified atom stereocenters. The van der Waals surface area contributed by atoms with Gasteiger partial charge in [-0.2, -0.15) is 0 Å². The maximum Gasteiger partial charge on any atom is 0.221 e. The van der Waals surface area contributed by atoms with Gasteiger partial charge >= 0.3 is 0 Å². The Morgan fingerprint density at radius 2 is 2.13 bits per heavy atom. The second-order valence-electron chi connectivity index (χ2n) is 3.20. The summed E-state index contributed by atoms with van der Waals surface area (Å²) in [5, 5.41) is 3.89. The van der Waals surface area contributed by atoms with E-state index in [9.17, 15) is 4.79 Å². The van der Waals surface area contributed by atoms with Crippen LogP contribution in [0.5, 0.6) is 0 Å². The maximum absolute atomic E-state index is 10.9. The first-order valence-electron chi connectivity index (χ1n) is 4.50. The Morgan fingerprint density at radius 1 is 1.40 bits per heavy atom. The zero-order valence-electron chi connectivity index (χ0n) is 8.12. The van der Waals surface area contributed by atoms with Gasteiger partial charge in [-0.15, -0.1) is 0 Å². The van der Waals surface area contributed by atoms with Gasteiger partial charge in [0, 0.05) is 12.3 Å². The predicted octanol–water partition coefficient (Wildman–Crippen LogP) is 2.85. The monoisotopic (exact) mass is 220 g/mol. The Kier molecular flexibility index (Phi) is 2.56. The van der Waals surface area contributed by atoms with E-state index in [2.05, 4.69) is 10.3 Å². The Labute approximate surface area is 92.1 Å². The highest BCUT2D eigenvalue weighted by molar-refractivity contribution is 6.33. The van der Waals surface area contributed by atoms with Crippen LogP contribution in [0.15, 0.2) is 30.3 Å². The van der Waals surface area contributed by atoms with Crippen LogP contribution in [0.2, 0.25) is 5.15 Å². The Bertz CT molecular complexity index is 525. The van der Waals surface area contributed by atoms with E-state index >= 15 is 0 Å². The molecule has 0 aliphatic carbocycles. The molecule has 1 aromatic carbocycles. The highest BCUT2D eigenvalue weighted by atomic mass is 35.5. The van der Waals surface area contributed by atoms with Crippen molar-refractivity contribution in [2.45, 2.75) is 6.92 Å². The summed E-state index contributed by atoms with van der Waals surface area (Å²) < 4.78 is 0. The fraction of sp³-hybridized carbons (Fsp3) is 0.0909. The zero-order chi connectivity index (χ0) is 10.8. The second kappa shape index (κ2) is 3.87. The Balaban J connectivity index is 2.56. The minimum Gasteiger partial charge on any atom is -0.324 e. The number of hydrogen-bond acceptors (Lipinski definition) is 2. The van der Waals surface area contributed by atoms with Gasteiger partial charge in [-0.25, -0.2) is 4.98 Å². The first-order chi connectivity index (χ1) is 7.16. The average molecular weight is 221 g/mol. The molecule has 1 amide bonds. The summed E-state index contributed by atoms with van der Waals surface area (Å²) in [6.45, 7) is 1.44. The molecule has 0 spiro atoms. The first kappa shape index (κ1) is 9.93. The van der Waals surface area contributed by atoms with Crippen molar-refractivity contribution in [1.29, 1.82) is 0 Å². The van der Waals surface area contributed by atoms with E-state index in [0.717, 1.165) is 10.9 Å². The topological polar surface area (TPSA) is 42.0 Å². The lowest BCUT2D eigenvalue weighted by Gasteiger charge is -2.05. The number of pyridine rings is 1. The van der Waals surface area contributed by atoms with Crippen molar-refractivity contribution in [2.75, 3.05) is 5.32 Å². The van der Waals surface area contributed by atoms with Gasteiger partial charge in [0.2, 0.25) is 5.91 Å². The SMILES string of the molecule is CC(=O)Nc1cc2ccccc2nc1Cl. The molecule has 2 aromatic rings. The van der Waals surface area contributed by atoms with Crippen molar-refractivity contribution >= 4 is 34.1 Å². The van der Waals surface area contributed by atoms with Crippen molar-refractivity contribution < 1.29 is 4.79 Å². The van der Waals surface area contributed by atoms with E-state index in [-0.39, 0.29) is 5.91 Å². The molecule has 0 fully saturated rings. The van der Waals surface area contributed by atoms with E-state index in [1.807, 2.05) is 30.3 Å². The van der Waals surface area contributed by atoms with Gasteiger partial charge in [0.25, 0.3) is 0 Å². The molecule has 0 saturated carbocycles. The Morgan fingerprint density at radius 3 is 2.87 bits per heavy atom. The van der Waals surface area contributed by atoms with Crippen LogP contribution < -0.4 is 5.32 Å². The van der Waals surface area contributed by atoms with Crippen LogP contribution in [0, 0.1) is 0 Å². The van der Waals surface area contributed by atoms with E-state index in [1.54, 1.807) is 0 Å². The fourth-order valence-electron chi connectivity index (χ4n) is 1.37. The van der Waals surface area contributed by atoms with Crippen LogP contribution in [0.3, 0.4) is 0 Å². The third-order valence-electron chi connectivity index (χ3n) is 1.99. The van der Waals surface area contributed by atoms with Crippen LogP contribution in [-0.2, 0) is 4.79 Å². The number of carbonyl (C=O) groups excluding carboxylic acids is 1. The maximum atomic E-state index is 10.9. The minimum absolute atomic E-state index is 0.158. The van der Waals surface area contributed by atoms with Crippen LogP contribution in [-0.4, -0.2) is 10.9 Å². The minimum atomic E-state index is -0.158. The largest absolute Gasteiger partial charge is 0.324 e. The molecule has 1 N–H and O–H groups in total. The number of hydrogen-bond donors (Lipinski definition) is 1. The predicted molar refractivity (Wildman–Crippen MR) is 61.1 cm³/mol. The molecule has 0 radical (unpaired) electrons. The number of nitrogens with zero attached hydrogens (tertiary/aromatic N) is 1. The summed E-state index contributed by atoms with van der Waals surface area (Å²) >= 11 is 5.92. The third-order valence-corrected chi connectivity index (χ3v) is 2.28. The standard InChI is InChI=1S/C11H9ClN2O/c1-7(15)13-10-6-8-4-2-3-5-9(8)14-11(10)12/h2-6H,1H3,(H,13,15). The average Bonchev–Trinajstić information content (AvgIpc) is 2.18. The number of nitrogens with one attached hydrogen (secondary N) is 1. The lowest BCUT2D eigenvalue weighted by Crippen LogP contribution is -2.06. The number of carbonyl (C=O) groups is 1. The summed E-state index contributed by atoms with van der Waals surface area (Å²) in [5.74, 6) is -0.158. The molecule has 0 aliphatic heterocycles. The summed E-state index contributed by atoms with van der Waals surface area (Å²) in [4.78, 5) is 15.1. The lowest BCUT2D eigenvalue weighted by atomic mass is 10.2. The molecule has 1 aromatic heterocycles. The van der Waals surface area contributed by atoms with Gasteiger partial charge < -0.3 is 5.32 Å². The smallest absolute Gasteiger partial charge is 0.221 e. The number of anilines is 1. The number of aromatic nitrogens is 1.